The molecule has 2 heterocycles. The molecule has 1 aromatic carbocycles. The molecule has 0 amide bonds. The molecule has 7 heteroatoms. The Hall–Kier alpha value is -1.67. The van der Waals surface area contributed by atoms with Crippen molar-refractivity contribution in [2.24, 2.45) is 4.99 Å². The van der Waals surface area contributed by atoms with Crippen molar-refractivity contribution in [1.29, 1.82) is 0 Å². The molecule has 5 nitrogen and oxygen atoms in total. The van der Waals surface area contributed by atoms with E-state index in [2.05, 4.69) is 31.2 Å². The number of aromatic amines is 2. The van der Waals surface area contributed by atoms with E-state index in [0.29, 0.717) is 0 Å². The molecule has 0 aliphatic heterocycles. The Balaban J connectivity index is 0.00000225. The average Bonchev–Trinajstić information content (AvgIpc) is 3.21. The summed E-state index contributed by atoms with van der Waals surface area (Å²) < 4.78 is 0. The van der Waals surface area contributed by atoms with Gasteiger partial charge >= 0.3 is 0 Å². The second-order valence-corrected chi connectivity index (χ2v) is 6.22. The summed E-state index contributed by atoms with van der Waals surface area (Å²) in [5, 5.41) is 5.36. The van der Waals surface area contributed by atoms with Crippen LogP contribution in [0.5, 0.6) is 0 Å². The lowest BCUT2D eigenvalue weighted by molar-refractivity contribution is 0.471. The number of halogens is 2. The van der Waals surface area contributed by atoms with E-state index in [0.717, 1.165) is 41.7 Å². The van der Waals surface area contributed by atoms with E-state index in [1.807, 2.05) is 43.7 Å². The number of aromatic nitrogens is 2. The lowest BCUT2D eigenvalue weighted by Gasteiger charge is -2.21. The molecule has 25 heavy (non-hydrogen) atoms. The van der Waals surface area contributed by atoms with Crippen LogP contribution in [0.3, 0.4) is 0 Å². The van der Waals surface area contributed by atoms with Crippen molar-refractivity contribution >= 4 is 52.4 Å². The van der Waals surface area contributed by atoms with Gasteiger partial charge in [-0.1, -0.05) is 11.6 Å². The minimum absolute atomic E-state index is 0. The number of H-pyrrole nitrogens is 2. The zero-order valence-corrected chi connectivity index (χ0v) is 17.4. The van der Waals surface area contributed by atoms with Crippen molar-refractivity contribution < 1.29 is 0 Å². The molecule has 3 aromatic rings. The third-order valence-corrected chi connectivity index (χ3v) is 4.29. The summed E-state index contributed by atoms with van der Waals surface area (Å²) in [6, 6.07) is 9.99. The van der Waals surface area contributed by atoms with Crippen LogP contribution in [0.1, 0.15) is 11.3 Å². The highest BCUT2D eigenvalue weighted by Gasteiger charge is 2.08. The number of guanidine groups is 1. The molecule has 0 aliphatic carbocycles. The van der Waals surface area contributed by atoms with Gasteiger partial charge in [-0.05, 0) is 42.3 Å². The maximum absolute atomic E-state index is 6.11. The number of nitrogens with zero attached hydrogens (tertiary/aromatic N) is 2. The molecule has 0 radical (unpaired) electrons. The summed E-state index contributed by atoms with van der Waals surface area (Å²) in [5.41, 5.74) is 3.52. The predicted octanol–water partition coefficient (Wildman–Crippen LogP) is 4.02. The number of hydrogen-bond donors (Lipinski definition) is 3. The Morgan fingerprint density at radius 1 is 1.28 bits per heavy atom. The first-order valence-electron chi connectivity index (χ1n) is 7.97. The van der Waals surface area contributed by atoms with Crippen LogP contribution in [0, 0.1) is 0 Å². The standard InChI is InChI=1S/C18H22ClN5.HI/c1-20-18(24(2)12-15-4-3-8-21-15)22-9-7-13-11-23-17-6-5-14(19)10-16(13)17;/h3-6,8,10-11,21,23H,7,9,12H2,1-2H3,(H,20,22);1H. The molecule has 0 saturated heterocycles. The molecule has 0 atom stereocenters. The molecule has 0 aliphatic rings. The van der Waals surface area contributed by atoms with E-state index in [1.165, 1.54) is 10.9 Å². The first-order chi connectivity index (χ1) is 11.7. The van der Waals surface area contributed by atoms with Crippen molar-refractivity contribution in [2.75, 3.05) is 20.6 Å². The third kappa shape index (κ3) is 4.92. The van der Waals surface area contributed by atoms with Gasteiger partial charge in [0, 0.05) is 54.7 Å². The van der Waals surface area contributed by atoms with Gasteiger partial charge in [0.1, 0.15) is 0 Å². The van der Waals surface area contributed by atoms with Crippen molar-refractivity contribution in [1.82, 2.24) is 20.2 Å². The fraction of sp³-hybridized carbons (Fsp3) is 0.278. The highest BCUT2D eigenvalue weighted by molar-refractivity contribution is 14.0. The fourth-order valence-corrected chi connectivity index (χ4v) is 3.02. The molecule has 0 bridgehead atoms. The number of nitrogens with one attached hydrogen (secondary N) is 3. The van der Waals surface area contributed by atoms with Crippen LogP contribution in [-0.2, 0) is 13.0 Å². The Labute approximate surface area is 169 Å². The predicted molar refractivity (Wildman–Crippen MR) is 116 cm³/mol. The Morgan fingerprint density at radius 2 is 2.12 bits per heavy atom. The Kier molecular flexibility index (Phi) is 7.19. The van der Waals surface area contributed by atoms with Crippen LogP contribution in [0.15, 0.2) is 47.7 Å². The number of rotatable bonds is 5. The minimum atomic E-state index is 0. The topological polar surface area (TPSA) is 59.2 Å². The molecule has 2 aromatic heterocycles. The lowest BCUT2D eigenvalue weighted by Crippen LogP contribution is -2.39. The third-order valence-electron chi connectivity index (χ3n) is 4.05. The van der Waals surface area contributed by atoms with Gasteiger partial charge in [0.2, 0.25) is 0 Å². The van der Waals surface area contributed by atoms with Gasteiger partial charge in [0.05, 0.1) is 6.54 Å². The van der Waals surface area contributed by atoms with Gasteiger partial charge in [-0.25, -0.2) is 0 Å². The van der Waals surface area contributed by atoms with Crippen LogP contribution in [-0.4, -0.2) is 41.5 Å². The summed E-state index contributed by atoms with van der Waals surface area (Å²) >= 11 is 6.11. The van der Waals surface area contributed by atoms with E-state index in [4.69, 9.17) is 11.6 Å². The molecule has 3 rings (SSSR count). The molecule has 0 saturated carbocycles. The van der Waals surface area contributed by atoms with Gasteiger partial charge in [-0.3, -0.25) is 4.99 Å². The Bertz CT molecular complexity index is 825. The molecule has 0 fully saturated rings. The second-order valence-electron chi connectivity index (χ2n) is 5.78. The van der Waals surface area contributed by atoms with E-state index >= 15 is 0 Å². The summed E-state index contributed by atoms with van der Waals surface area (Å²) in [6.07, 6.45) is 4.88. The first kappa shape index (κ1) is 19.7. The molecule has 0 spiro atoms. The molecule has 134 valence electrons. The summed E-state index contributed by atoms with van der Waals surface area (Å²) in [7, 11) is 3.83. The smallest absolute Gasteiger partial charge is 0.193 e. The van der Waals surface area contributed by atoms with Gasteiger partial charge in [-0.2, -0.15) is 0 Å². The van der Waals surface area contributed by atoms with Gasteiger partial charge < -0.3 is 20.2 Å². The monoisotopic (exact) mass is 471 g/mol. The SMILES string of the molecule is CN=C(NCCc1c[nH]c2ccc(Cl)cc12)N(C)Cc1ccc[nH]1.I. The molecular formula is C18H23ClIN5. The second kappa shape index (κ2) is 9.15. The van der Waals surface area contributed by atoms with Crippen molar-refractivity contribution in [3.05, 3.63) is 59.0 Å². The van der Waals surface area contributed by atoms with Crippen molar-refractivity contribution in [2.45, 2.75) is 13.0 Å². The summed E-state index contributed by atoms with van der Waals surface area (Å²) in [6.45, 7) is 1.59. The maximum Gasteiger partial charge on any atom is 0.193 e. The summed E-state index contributed by atoms with van der Waals surface area (Å²) in [4.78, 5) is 12.9. The molecule has 3 N–H and O–H groups in total. The Morgan fingerprint density at radius 3 is 2.84 bits per heavy atom. The van der Waals surface area contributed by atoms with Crippen LogP contribution < -0.4 is 5.32 Å². The number of aliphatic imine (C=N–C) groups is 1. The summed E-state index contributed by atoms with van der Waals surface area (Å²) in [5.74, 6) is 0.877. The van der Waals surface area contributed by atoms with Crippen LogP contribution in [0.2, 0.25) is 5.02 Å². The number of benzene rings is 1. The zero-order valence-electron chi connectivity index (χ0n) is 14.3. The number of fused-ring (bicyclic) bond motifs is 1. The first-order valence-corrected chi connectivity index (χ1v) is 8.34. The van der Waals surface area contributed by atoms with Crippen LogP contribution in [0.25, 0.3) is 10.9 Å². The minimum Gasteiger partial charge on any atom is -0.364 e. The highest BCUT2D eigenvalue weighted by Crippen LogP contribution is 2.22. The van der Waals surface area contributed by atoms with Crippen LogP contribution >= 0.6 is 35.6 Å². The van der Waals surface area contributed by atoms with Gasteiger partial charge in [0.15, 0.2) is 5.96 Å². The van der Waals surface area contributed by atoms with E-state index in [-0.39, 0.29) is 24.0 Å². The highest BCUT2D eigenvalue weighted by atomic mass is 127. The largest absolute Gasteiger partial charge is 0.364 e. The van der Waals surface area contributed by atoms with Gasteiger partial charge in [0.25, 0.3) is 0 Å². The number of hydrogen-bond acceptors (Lipinski definition) is 1. The molecule has 0 unspecified atom stereocenters. The van der Waals surface area contributed by atoms with Crippen molar-refractivity contribution in [3.63, 3.8) is 0 Å². The van der Waals surface area contributed by atoms with E-state index in [9.17, 15) is 0 Å². The fourth-order valence-electron chi connectivity index (χ4n) is 2.85. The normalized spacial score (nSPS) is 11.4. The maximum atomic E-state index is 6.11. The van der Waals surface area contributed by atoms with Gasteiger partial charge in [-0.15, -0.1) is 24.0 Å². The molecular weight excluding hydrogens is 449 g/mol. The quantitative estimate of drug-likeness (QED) is 0.299. The zero-order chi connectivity index (χ0) is 16.9. The average molecular weight is 472 g/mol. The van der Waals surface area contributed by atoms with Crippen LogP contribution in [0.4, 0.5) is 0 Å². The van der Waals surface area contributed by atoms with E-state index < -0.39 is 0 Å². The van der Waals surface area contributed by atoms with E-state index in [1.54, 1.807) is 7.05 Å². The van der Waals surface area contributed by atoms with Crippen molar-refractivity contribution in [3.8, 4) is 0 Å². The lowest BCUT2D eigenvalue weighted by atomic mass is 10.1.